The second-order valence-corrected chi connectivity index (χ2v) is 6.03. The number of carbonyl (C=O) groups is 2. The van der Waals surface area contributed by atoms with Crippen molar-refractivity contribution in [1.29, 1.82) is 0 Å². The van der Waals surface area contributed by atoms with Crippen molar-refractivity contribution < 1.29 is 9.59 Å². The Bertz CT molecular complexity index is 555. The largest absolute Gasteiger partial charge is 0.340 e. The molecule has 2 rings (SSSR count). The molecule has 2 atom stereocenters. The first-order chi connectivity index (χ1) is 9.89. The molecule has 1 N–H and O–H groups in total. The van der Waals surface area contributed by atoms with Gasteiger partial charge in [0.05, 0.1) is 0 Å². The lowest BCUT2D eigenvalue weighted by atomic mass is 9.92. The van der Waals surface area contributed by atoms with E-state index < -0.39 is 11.6 Å². The average molecular weight is 288 g/mol. The maximum atomic E-state index is 12.7. The fourth-order valence-electron chi connectivity index (χ4n) is 2.73. The van der Waals surface area contributed by atoms with Crippen LogP contribution in [0.25, 0.3) is 0 Å². The quantitative estimate of drug-likeness (QED) is 0.922. The van der Waals surface area contributed by atoms with Gasteiger partial charge in [0.15, 0.2) is 0 Å². The zero-order valence-corrected chi connectivity index (χ0v) is 13.3. The number of piperazine rings is 1. The van der Waals surface area contributed by atoms with Crippen LogP contribution >= 0.6 is 0 Å². The summed E-state index contributed by atoms with van der Waals surface area (Å²) >= 11 is 0. The second-order valence-electron chi connectivity index (χ2n) is 6.03. The number of carbonyl (C=O) groups excluding carboxylic acids is 2. The molecule has 1 heterocycles. The first-order valence-corrected chi connectivity index (χ1v) is 7.56. The van der Waals surface area contributed by atoms with Crippen molar-refractivity contribution in [3.63, 3.8) is 0 Å². The summed E-state index contributed by atoms with van der Waals surface area (Å²) in [6.07, 6.45) is 1.38. The van der Waals surface area contributed by atoms with Gasteiger partial charge >= 0.3 is 0 Å². The van der Waals surface area contributed by atoms with Crippen molar-refractivity contribution in [3.8, 4) is 0 Å². The Kier molecular flexibility index (Phi) is 4.35. The molecule has 1 saturated heterocycles. The Balaban J connectivity index is 2.15. The van der Waals surface area contributed by atoms with Crippen LogP contribution in [-0.4, -0.2) is 34.8 Å². The van der Waals surface area contributed by atoms with Crippen LogP contribution in [0.15, 0.2) is 24.3 Å². The Morgan fingerprint density at radius 2 is 1.95 bits per heavy atom. The van der Waals surface area contributed by atoms with E-state index in [0.717, 1.165) is 6.42 Å². The van der Waals surface area contributed by atoms with E-state index in [2.05, 4.69) is 24.4 Å². The molecule has 1 aromatic carbocycles. The number of aryl methyl sites for hydroxylation is 1. The van der Waals surface area contributed by atoms with Gasteiger partial charge in [-0.05, 0) is 44.7 Å². The highest BCUT2D eigenvalue weighted by Gasteiger charge is 2.44. The molecular weight excluding hydrogens is 264 g/mol. The van der Waals surface area contributed by atoms with Crippen molar-refractivity contribution in [3.05, 3.63) is 35.4 Å². The fraction of sp³-hybridized carbons (Fsp3) is 0.529. The van der Waals surface area contributed by atoms with Crippen LogP contribution in [0.2, 0.25) is 0 Å². The lowest BCUT2D eigenvalue weighted by molar-refractivity contribution is -0.153. The summed E-state index contributed by atoms with van der Waals surface area (Å²) in [5.41, 5.74) is 1.67. The topological polar surface area (TPSA) is 49.4 Å². The molecule has 1 fully saturated rings. The van der Waals surface area contributed by atoms with Crippen molar-refractivity contribution in [1.82, 2.24) is 10.2 Å². The number of hydrogen-bond acceptors (Lipinski definition) is 2. The predicted molar refractivity (Wildman–Crippen MR) is 82.9 cm³/mol. The molecule has 0 aliphatic carbocycles. The van der Waals surface area contributed by atoms with Crippen molar-refractivity contribution >= 4 is 11.8 Å². The van der Waals surface area contributed by atoms with Crippen LogP contribution in [-0.2, 0) is 16.0 Å². The van der Waals surface area contributed by atoms with Gasteiger partial charge < -0.3 is 10.2 Å². The summed E-state index contributed by atoms with van der Waals surface area (Å²) in [4.78, 5) is 26.5. The number of benzene rings is 1. The Labute approximate surface area is 126 Å². The molecule has 0 saturated carbocycles. The van der Waals surface area contributed by atoms with Gasteiger partial charge in [-0.1, -0.05) is 31.2 Å². The van der Waals surface area contributed by atoms with Crippen LogP contribution in [0.5, 0.6) is 0 Å². The predicted octanol–water partition coefficient (Wildman–Crippen LogP) is 2.05. The molecule has 0 aromatic heterocycles. The number of hydrogen-bond donors (Lipinski definition) is 1. The summed E-state index contributed by atoms with van der Waals surface area (Å²) in [6.45, 7) is 8.17. The van der Waals surface area contributed by atoms with Gasteiger partial charge in [-0.2, -0.15) is 0 Å². The molecule has 114 valence electrons. The van der Waals surface area contributed by atoms with Crippen LogP contribution in [0.3, 0.4) is 0 Å². The smallest absolute Gasteiger partial charge is 0.248 e. The van der Waals surface area contributed by atoms with E-state index in [1.807, 2.05) is 19.1 Å². The minimum Gasteiger partial charge on any atom is -0.340 e. The second kappa shape index (κ2) is 5.88. The SMILES string of the molecule is CCC1(C)NC(=O)C(C)N(CCc2ccccc2C)C1=O. The van der Waals surface area contributed by atoms with Gasteiger partial charge in [0.25, 0.3) is 0 Å². The van der Waals surface area contributed by atoms with E-state index in [0.29, 0.717) is 13.0 Å². The highest BCUT2D eigenvalue weighted by Crippen LogP contribution is 2.22. The Morgan fingerprint density at radius 1 is 1.29 bits per heavy atom. The van der Waals surface area contributed by atoms with Gasteiger partial charge in [-0.3, -0.25) is 9.59 Å². The molecule has 1 aliphatic rings. The zero-order chi connectivity index (χ0) is 15.6. The van der Waals surface area contributed by atoms with Gasteiger partial charge in [0.2, 0.25) is 11.8 Å². The number of amides is 2. The summed E-state index contributed by atoms with van der Waals surface area (Å²) in [6, 6.07) is 7.76. The molecule has 0 bridgehead atoms. The maximum absolute atomic E-state index is 12.7. The third kappa shape index (κ3) is 2.94. The van der Waals surface area contributed by atoms with Crippen LogP contribution < -0.4 is 5.32 Å². The van der Waals surface area contributed by atoms with E-state index in [9.17, 15) is 9.59 Å². The number of nitrogens with zero attached hydrogens (tertiary/aromatic N) is 1. The summed E-state index contributed by atoms with van der Waals surface area (Å²) in [7, 11) is 0. The first kappa shape index (κ1) is 15.5. The van der Waals surface area contributed by atoms with E-state index in [-0.39, 0.29) is 11.8 Å². The van der Waals surface area contributed by atoms with Crippen molar-refractivity contribution in [2.75, 3.05) is 6.54 Å². The third-order valence-corrected chi connectivity index (χ3v) is 4.57. The molecule has 21 heavy (non-hydrogen) atoms. The van der Waals surface area contributed by atoms with Crippen molar-refractivity contribution in [2.45, 2.75) is 52.1 Å². The third-order valence-electron chi connectivity index (χ3n) is 4.57. The lowest BCUT2D eigenvalue weighted by Gasteiger charge is -2.43. The lowest BCUT2D eigenvalue weighted by Crippen LogP contribution is -2.68. The van der Waals surface area contributed by atoms with Crippen molar-refractivity contribution in [2.24, 2.45) is 0 Å². The summed E-state index contributed by atoms with van der Waals surface area (Å²) < 4.78 is 0. The first-order valence-electron chi connectivity index (χ1n) is 7.56. The van der Waals surface area contributed by atoms with Gasteiger partial charge in [0.1, 0.15) is 11.6 Å². The number of nitrogens with one attached hydrogen (secondary N) is 1. The van der Waals surface area contributed by atoms with Gasteiger partial charge in [-0.25, -0.2) is 0 Å². The minimum atomic E-state index is -0.769. The van der Waals surface area contributed by atoms with Crippen LogP contribution in [0.1, 0.15) is 38.3 Å². The standard InChI is InChI=1S/C17H24N2O2/c1-5-17(4)16(21)19(13(3)15(20)18-17)11-10-14-9-7-6-8-12(14)2/h6-9,13H,5,10-11H2,1-4H3,(H,18,20). The van der Waals surface area contributed by atoms with Crippen LogP contribution in [0, 0.1) is 6.92 Å². The fourth-order valence-corrected chi connectivity index (χ4v) is 2.73. The Morgan fingerprint density at radius 3 is 2.57 bits per heavy atom. The summed E-state index contributed by atoms with van der Waals surface area (Å²) in [5, 5.41) is 2.85. The molecule has 4 heteroatoms. The molecule has 0 radical (unpaired) electrons. The highest BCUT2D eigenvalue weighted by molar-refractivity contribution is 5.99. The molecule has 1 aromatic rings. The van der Waals surface area contributed by atoms with E-state index in [1.54, 1.807) is 18.7 Å². The normalized spacial score (nSPS) is 25.9. The zero-order valence-electron chi connectivity index (χ0n) is 13.3. The average Bonchev–Trinajstić information content (AvgIpc) is 2.47. The monoisotopic (exact) mass is 288 g/mol. The van der Waals surface area contributed by atoms with E-state index in [1.165, 1.54) is 11.1 Å². The molecule has 0 spiro atoms. The summed E-state index contributed by atoms with van der Waals surface area (Å²) in [5.74, 6) is -0.0468. The maximum Gasteiger partial charge on any atom is 0.248 e. The minimum absolute atomic E-state index is 0.0192. The van der Waals surface area contributed by atoms with Gasteiger partial charge in [0, 0.05) is 6.54 Å². The van der Waals surface area contributed by atoms with E-state index >= 15 is 0 Å². The molecule has 2 amide bonds. The van der Waals surface area contributed by atoms with Gasteiger partial charge in [-0.15, -0.1) is 0 Å². The molecular formula is C17H24N2O2. The molecule has 1 aliphatic heterocycles. The number of rotatable bonds is 4. The van der Waals surface area contributed by atoms with E-state index in [4.69, 9.17) is 0 Å². The van der Waals surface area contributed by atoms with Crippen LogP contribution in [0.4, 0.5) is 0 Å². The highest BCUT2D eigenvalue weighted by atomic mass is 16.2. The molecule has 4 nitrogen and oxygen atoms in total. The molecule has 2 unspecified atom stereocenters. The Hall–Kier alpha value is -1.84.